The van der Waals surface area contributed by atoms with Gasteiger partial charge in [-0.15, -0.1) is 22.7 Å². The number of unbranched alkanes of at least 4 members (excludes halogenated alkanes) is 21. The minimum Gasteiger partial charge on any atom is -0.340 e. The summed E-state index contributed by atoms with van der Waals surface area (Å²) < 4.78 is 18.1. The standard InChI is InChI=1S/C86H101N5S3/c1-6-11-16-21-24-31-51-89-76-37-30-29-36-70(76)71-55-62(38-45-77(71)89)68-43-44-69(84-83(68)87-94-88-84)63-39-46-78-72(56-63)73-57-64(40-47-79(73)90(78)52-32-25-22-17-12-7-2)82-60-65(35-28-20-15-10-5)86(93-82)67-42-49-81-75(59-67)74-58-66(85-61(50-54-92-85)34-27-19-14-9-4)41-48-80(74)91(81)53-33-26-23-18-13-8-3/h29-30,36-50,54-60H,6-28,31-35,51-53H2,1-5H3. The molecule has 6 aromatic heterocycles. The van der Waals surface area contributed by atoms with Gasteiger partial charge in [0.1, 0.15) is 11.0 Å². The van der Waals surface area contributed by atoms with E-state index in [1.807, 2.05) is 22.7 Å². The predicted molar refractivity (Wildman–Crippen MR) is 415 cm³/mol. The van der Waals surface area contributed by atoms with Gasteiger partial charge in [-0.3, -0.25) is 0 Å². The van der Waals surface area contributed by atoms with E-state index in [9.17, 15) is 0 Å². The highest BCUT2D eigenvalue weighted by molar-refractivity contribution is 7.19. The first kappa shape index (κ1) is 65.8. The second-order valence-electron chi connectivity index (χ2n) is 27.4. The van der Waals surface area contributed by atoms with E-state index in [1.165, 1.54) is 298 Å². The van der Waals surface area contributed by atoms with E-state index in [4.69, 9.17) is 8.75 Å². The SMILES string of the molecule is CCCCCCCCn1c2ccc(-c3sccc3CCCCCC)cc2c2cc(-c3sc(-c4ccc5c(c4)c4cc(-c6ccc(-c7ccc8c(c7)c7ccccc7n8CCCCCCCC)c7nsnc67)ccc4n5CCCCCCCC)cc3CCCCCC)ccc21. The molecule has 0 aliphatic heterocycles. The molecule has 0 N–H and O–H groups in total. The second-order valence-corrected chi connectivity index (χ2v) is 29.9. The summed E-state index contributed by atoms with van der Waals surface area (Å²) in [5.41, 5.74) is 21.7. The third-order valence-corrected chi connectivity index (χ3v) is 23.5. The van der Waals surface area contributed by atoms with Gasteiger partial charge in [0, 0.05) is 111 Å². The zero-order valence-electron chi connectivity index (χ0n) is 57.2. The highest BCUT2D eigenvalue weighted by Gasteiger charge is 2.22. The first-order chi connectivity index (χ1) is 46.5. The molecule has 0 saturated carbocycles. The summed E-state index contributed by atoms with van der Waals surface area (Å²) in [6.07, 6.45) is 35.6. The summed E-state index contributed by atoms with van der Waals surface area (Å²) in [5, 5.41) is 10.4. The van der Waals surface area contributed by atoms with Crippen LogP contribution in [0.3, 0.4) is 0 Å². The lowest BCUT2D eigenvalue weighted by Gasteiger charge is -2.10. The summed E-state index contributed by atoms with van der Waals surface area (Å²) in [5.74, 6) is 0. The third kappa shape index (κ3) is 14.2. The molecule has 0 aliphatic rings. The Labute approximate surface area is 573 Å². The molecule has 0 unspecified atom stereocenters. The largest absolute Gasteiger partial charge is 0.340 e. The van der Waals surface area contributed by atoms with Crippen LogP contribution in [0.5, 0.6) is 0 Å². The molecule has 0 spiro atoms. The first-order valence-electron chi connectivity index (χ1n) is 37.1. The predicted octanol–water partition coefficient (Wildman–Crippen LogP) is 27.8. The van der Waals surface area contributed by atoms with Gasteiger partial charge in [-0.05, 0) is 168 Å². The molecule has 0 bridgehead atoms. The van der Waals surface area contributed by atoms with E-state index in [1.54, 1.807) is 0 Å². The van der Waals surface area contributed by atoms with Gasteiger partial charge in [-0.1, -0.05) is 230 Å². The number of hydrogen-bond donors (Lipinski definition) is 0. The Bertz CT molecular complexity index is 4650. The average Bonchev–Trinajstić information content (AvgIpc) is 1.60. The van der Waals surface area contributed by atoms with Crippen molar-refractivity contribution in [3.63, 3.8) is 0 Å². The molecule has 0 fully saturated rings. The van der Waals surface area contributed by atoms with E-state index in [2.05, 4.69) is 193 Å². The van der Waals surface area contributed by atoms with Gasteiger partial charge in [0.2, 0.25) is 0 Å². The number of thiophene rings is 2. The van der Waals surface area contributed by atoms with Crippen LogP contribution in [-0.4, -0.2) is 22.4 Å². The number of aromatic nitrogens is 5. The number of hydrogen-bond acceptors (Lipinski definition) is 5. The summed E-state index contributed by atoms with van der Waals surface area (Å²) in [7, 11) is 0. The lowest BCUT2D eigenvalue weighted by molar-refractivity contribution is 0.571. The van der Waals surface area contributed by atoms with Gasteiger partial charge in [-0.2, -0.15) is 8.75 Å². The normalized spacial score (nSPS) is 12.1. The van der Waals surface area contributed by atoms with Crippen molar-refractivity contribution < 1.29 is 0 Å². The van der Waals surface area contributed by atoms with Crippen LogP contribution in [0.4, 0.5) is 0 Å². The quantitative estimate of drug-likeness (QED) is 0.0367. The van der Waals surface area contributed by atoms with Crippen molar-refractivity contribution >= 4 is 111 Å². The van der Waals surface area contributed by atoms with Crippen LogP contribution in [0.15, 0.2) is 145 Å². The van der Waals surface area contributed by atoms with Gasteiger partial charge >= 0.3 is 0 Å². The minimum atomic E-state index is 0.979. The second kappa shape index (κ2) is 31.8. The average molecular weight is 1300 g/mol. The molecule has 0 atom stereocenters. The molecule has 5 nitrogen and oxygen atoms in total. The smallest absolute Gasteiger partial charge is 0.113 e. The van der Waals surface area contributed by atoms with Crippen molar-refractivity contribution in [2.75, 3.05) is 0 Å². The zero-order valence-corrected chi connectivity index (χ0v) is 59.7. The number of fused-ring (bicyclic) bond motifs is 10. The highest BCUT2D eigenvalue weighted by Crippen LogP contribution is 2.46. The number of rotatable bonds is 36. The maximum atomic E-state index is 5.11. The Hall–Kier alpha value is -6.84. The van der Waals surface area contributed by atoms with Crippen molar-refractivity contribution in [2.45, 2.75) is 234 Å². The van der Waals surface area contributed by atoms with Crippen LogP contribution < -0.4 is 0 Å². The van der Waals surface area contributed by atoms with Crippen molar-refractivity contribution in [3.8, 4) is 53.6 Å². The van der Waals surface area contributed by atoms with Gasteiger partial charge in [-0.25, -0.2) is 0 Å². The molecular formula is C86H101N5S3. The fourth-order valence-electron chi connectivity index (χ4n) is 15.5. The van der Waals surface area contributed by atoms with Crippen molar-refractivity contribution in [2.24, 2.45) is 0 Å². The lowest BCUT2D eigenvalue weighted by atomic mass is 9.96. The van der Waals surface area contributed by atoms with Crippen LogP contribution in [0.1, 0.15) is 213 Å². The monoisotopic (exact) mass is 1300 g/mol. The van der Waals surface area contributed by atoms with Crippen LogP contribution in [0.2, 0.25) is 0 Å². The highest BCUT2D eigenvalue weighted by atomic mass is 32.1. The zero-order chi connectivity index (χ0) is 64.2. The number of aryl methyl sites for hydroxylation is 5. The minimum absolute atomic E-state index is 0.979. The fraction of sp³-hybridized carbons (Fsp3) is 0.419. The molecule has 0 radical (unpaired) electrons. The summed E-state index contributed by atoms with van der Waals surface area (Å²) in [4.78, 5) is 4.24. The lowest BCUT2D eigenvalue weighted by Crippen LogP contribution is -1.98. The van der Waals surface area contributed by atoms with Gasteiger partial charge in [0.25, 0.3) is 0 Å². The van der Waals surface area contributed by atoms with Crippen molar-refractivity contribution in [1.82, 2.24) is 22.4 Å². The van der Waals surface area contributed by atoms with Gasteiger partial charge in [0.05, 0.1) is 11.7 Å². The van der Waals surface area contributed by atoms with E-state index in [-0.39, 0.29) is 0 Å². The van der Waals surface area contributed by atoms with E-state index in [0.29, 0.717) is 0 Å². The summed E-state index contributed by atoms with van der Waals surface area (Å²) in [6.45, 7) is 14.7. The molecule has 488 valence electrons. The maximum absolute atomic E-state index is 5.11. The van der Waals surface area contributed by atoms with Crippen LogP contribution in [0.25, 0.3) is 130 Å². The molecule has 0 amide bonds. The van der Waals surface area contributed by atoms with Gasteiger partial charge < -0.3 is 13.7 Å². The molecular weight excluding hydrogens is 1200 g/mol. The number of para-hydroxylation sites is 1. The van der Waals surface area contributed by atoms with E-state index >= 15 is 0 Å². The number of benzene rings is 7. The van der Waals surface area contributed by atoms with Crippen LogP contribution in [0, 0.1) is 0 Å². The molecule has 94 heavy (non-hydrogen) atoms. The van der Waals surface area contributed by atoms with Crippen LogP contribution in [-0.2, 0) is 32.5 Å². The summed E-state index contributed by atoms with van der Waals surface area (Å²) >= 11 is 5.27. The first-order valence-corrected chi connectivity index (χ1v) is 39.5. The Morgan fingerprint density at radius 2 is 0.681 bits per heavy atom. The Morgan fingerprint density at radius 3 is 1.17 bits per heavy atom. The van der Waals surface area contributed by atoms with E-state index in [0.717, 1.165) is 54.6 Å². The number of nitrogens with zero attached hydrogens (tertiary/aromatic N) is 5. The van der Waals surface area contributed by atoms with Crippen molar-refractivity contribution in [3.05, 3.63) is 156 Å². The molecule has 0 aliphatic carbocycles. The maximum Gasteiger partial charge on any atom is 0.113 e. The van der Waals surface area contributed by atoms with E-state index < -0.39 is 0 Å². The molecule has 7 aromatic carbocycles. The van der Waals surface area contributed by atoms with Crippen molar-refractivity contribution in [1.29, 1.82) is 0 Å². The fourth-order valence-corrected chi connectivity index (χ4v) is 18.2. The topological polar surface area (TPSA) is 40.6 Å². The molecule has 13 aromatic rings. The van der Waals surface area contributed by atoms with Gasteiger partial charge in [0.15, 0.2) is 0 Å². The Kier molecular flexibility index (Phi) is 22.3. The Morgan fingerprint density at radius 1 is 0.309 bits per heavy atom. The molecule has 13 rings (SSSR count). The third-order valence-electron chi connectivity index (χ3n) is 20.7. The van der Waals surface area contributed by atoms with Crippen LogP contribution >= 0.6 is 34.4 Å². The molecule has 8 heteroatoms. The molecule has 0 saturated heterocycles. The Balaban J connectivity index is 0.871. The molecule has 6 heterocycles. The summed E-state index contributed by atoms with van der Waals surface area (Å²) in [6, 6.07) is 55.4.